The highest BCUT2D eigenvalue weighted by atomic mass is 19.1. The summed E-state index contributed by atoms with van der Waals surface area (Å²) in [5.41, 5.74) is 0.436. The SMILES string of the molecule is O=C(O)C1(c2cccc(-c3cc(F)ccc3F)c2)CC1. The molecule has 0 radical (unpaired) electrons. The number of rotatable bonds is 3. The van der Waals surface area contributed by atoms with E-state index >= 15 is 0 Å². The zero-order valence-corrected chi connectivity index (χ0v) is 10.6. The van der Waals surface area contributed by atoms with Crippen LogP contribution in [-0.2, 0) is 10.2 Å². The van der Waals surface area contributed by atoms with Gasteiger partial charge in [0.05, 0.1) is 5.41 Å². The largest absolute Gasteiger partial charge is 0.481 e. The number of carboxylic acid groups (broad SMARTS) is 1. The van der Waals surface area contributed by atoms with E-state index in [0.717, 1.165) is 18.2 Å². The lowest BCUT2D eigenvalue weighted by molar-refractivity contribution is -0.140. The van der Waals surface area contributed by atoms with Crippen LogP contribution in [0.2, 0.25) is 0 Å². The summed E-state index contributed by atoms with van der Waals surface area (Å²) < 4.78 is 27.0. The van der Waals surface area contributed by atoms with Gasteiger partial charge in [-0.25, -0.2) is 8.78 Å². The van der Waals surface area contributed by atoms with Crippen molar-refractivity contribution < 1.29 is 18.7 Å². The molecular formula is C16H12F2O2. The van der Waals surface area contributed by atoms with Gasteiger partial charge in [-0.05, 0) is 48.2 Å². The van der Waals surface area contributed by atoms with Gasteiger partial charge in [0, 0.05) is 5.56 Å². The van der Waals surface area contributed by atoms with Crippen LogP contribution in [-0.4, -0.2) is 11.1 Å². The Morgan fingerprint density at radius 1 is 1.10 bits per heavy atom. The smallest absolute Gasteiger partial charge is 0.314 e. The second-order valence-electron chi connectivity index (χ2n) is 5.09. The fourth-order valence-electron chi connectivity index (χ4n) is 2.45. The Kier molecular flexibility index (Phi) is 2.82. The fraction of sp³-hybridized carbons (Fsp3) is 0.188. The molecule has 0 bridgehead atoms. The van der Waals surface area contributed by atoms with Crippen LogP contribution in [0.5, 0.6) is 0 Å². The zero-order valence-electron chi connectivity index (χ0n) is 10.6. The van der Waals surface area contributed by atoms with Gasteiger partial charge in [0.1, 0.15) is 11.6 Å². The molecule has 0 spiro atoms. The topological polar surface area (TPSA) is 37.3 Å². The first-order valence-corrected chi connectivity index (χ1v) is 6.32. The van der Waals surface area contributed by atoms with Crippen molar-refractivity contribution in [3.8, 4) is 11.1 Å². The van der Waals surface area contributed by atoms with E-state index in [1.54, 1.807) is 24.3 Å². The molecule has 4 heteroatoms. The summed E-state index contributed by atoms with van der Waals surface area (Å²) in [7, 11) is 0. The monoisotopic (exact) mass is 274 g/mol. The molecule has 2 aromatic rings. The number of hydrogen-bond donors (Lipinski definition) is 1. The van der Waals surface area contributed by atoms with E-state index in [9.17, 15) is 18.7 Å². The van der Waals surface area contributed by atoms with Crippen LogP contribution in [0.25, 0.3) is 11.1 Å². The first kappa shape index (κ1) is 12.8. The van der Waals surface area contributed by atoms with Crippen molar-refractivity contribution in [1.82, 2.24) is 0 Å². The number of carboxylic acids is 1. The molecule has 0 aromatic heterocycles. The molecule has 2 aromatic carbocycles. The van der Waals surface area contributed by atoms with E-state index < -0.39 is 23.0 Å². The number of benzene rings is 2. The molecule has 0 heterocycles. The third-order valence-electron chi connectivity index (χ3n) is 3.81. The van der Waals surface area contributed by atoms with Crippen LogP contribution >= 0.6 is 0 Å². The van der Waals surface area contributed by atoms with Gasteiger partial charge in [-0.15, -0.1) is 0 Å². The van der Waals surface area contributed by atoms with E-state index in [0.29, 0.717) is 24.0 Å². The Morgan fingerprint density at radius 2 is 1.85 bits per heavy atom. The van der Waals surface area contributed by atoms with Crippen molar-refractivity contribution in [1.29, 1.82) is 0 Å². The van der Waals surface area contributed by atoms with Crippen molar-refractivity contribution in [2.45, 2.75) is 18.3 Å². The molecule has 0 aliphatic heterocycles. The Morgan fingerprint density at radius 3 is 2.50 bits per heavy atom. The normalized spacial score (nSPS) is 15.9. The lowest BCUT2D eigenvalue weighted by atomic mass is 9.92. The van der Waals surface area contributed by atoms with Gasteiger partial charge in [-0.1, -0.05) is 18.2 Å². The number of halogens is 2. The molecule has 20 heavy (non-hydrogen) atoms. The number of hydrogen-bond acceptors (Lipinski definition) is 1. The van der Waals surface area contributed by atoms with Crippen LogP contribution in [0, 0.1) is 11.6 Å². The molecule has 0 atom stereocenters. The molecule has 0 amide bonds. The molecule has 0 unspecified atom stereocenters. The average molecular weight is 274 g/mol. The molecule has 1 N–H and O–H groups in total. The van der Waals surface area contributed by atoms with Crippen molar-refractivity contribution in [2.24, 2.45) is 0 Å². The lowest BCUT2D eigenvalue weighted by Crippen LogP contribution is -2.19. The van der Waals surface area contributed by atoms with Crippen LogP contribution in [0.3, 0.4) is 0 Å². The second kappa shape index (κ2) is 4.40. The predicted octanol–water partition coefficient (Wildman–Crippen LogP) is 3.75. The number of aliphatic carboxylic acids is 1. The third kappa shape index (κ3) is 1.97. The molecular weight excluding hydrogens is 262 g/mol. The third-order valence-corrected chi connectivity index (χ3v) is 3.81. The highest BCUT2D eigenvalue weighted by Gasteiger charge is 2.51. The summed E-state index contributed by atoms with van der Waals surface area (Å²) in [5, 5.41) is 9.28. The molecule has 2 nitrogen and oxygen atoms in total. The molecule has 102 valence electrons. The highest BCUT2D eigenvalue weighted by molar-refractivity contribution is 5.85. The van der Waals surface area contributed by atoms with E-state index in [4.69, 9.17) is 0 Å². The fourth-order valence-corrected chi connectivity index (χ4v) is 2.45. The molecule has 1 aliphatic rings. The van der Waals surface area contributed by atoms with E-state index in [1.165, 1.54) is 0 Å². The molecule has 0 saturated heterocycles. The Bertz CT molecular complexity index is 691. The van der Waals surface area contributed by atoms with Crippen molar-refractivity contribution in [2.75, 3.05) is 0 Å². The van der Waals surface area contributed by atoms with Gasteiger partial charge in [0.2, 0.25) is 0 Å². The van der Waals surface area contributed by atoms with Gasteiger partial charge in [0.15, 0.2) is 0 Å². The van der Waals surface area contributed by atoms with Gasteiger partial charge < -0.3 is 5.11 Å². The zero-order chi connectivity index (χ0) is 14.3. The molecule has 3 rings (SSSR count). The van der Waals surface area contributed by atoms with E-state index in [2.05, 4.69) is 0 Å². The molecule has 1 fully saturated rings. The van der Waals surface area contributed by atoms with Crippen LogP contribution in [0.1, 0.15) is 18.4 Å². The number of carbonyl (C=O) groups is 1. The minimum absolute atomic E-state index is 0.146. The maximum absolute atomic E-state index is 13.8. The van der Waals surface area contributed by atoms with Gasteiger partial charge >= 0.3 is 5.97 Å². The summed E-state index contributed by atoms with van der Waals surface area (Å²) >= 11 is 0. The van der Waals surface area contributed by atoms with Gasteiger partial charge in [-0.2, -0.15) is 0 Å². The van der Waals surface area contributed by atoms with Crippen LogP contribution in [0.15, 0.2) is 42.5 Å². The van der Waals surface area contributed by atoms with Crippen LogP contribution in [0.4, 0.5) is 8.78 Å². The summed E-state index contributed by atoms with van der Waals surface area (Å²) in [6.45, 7) is 0. The van der Waals surface area contributed by atoms with E-state index in [-0.39, 0.29) is 5.56 Å². The van der Waals surface area contributed by atoms with Crippen molar-refractivity contribution >= 4 is 5.97 Å². The Hall–Kier alpha value is -2.23. The van der Waals surface area contributed by atoms with Gasteiger partial charge in [-0.3, -0.25) is 4.79 Å². The van der Waals surface area contributed by atoms with Crippen molar-refractivity contribution in [3.63, 3.8) is 0 Å². The quantitative estimate of drug-likeness (QED) is 0.925. The maximum Gasteiger partial charge on any atom is 0.314 e. The van der Waals surface area contributed by atoms with E-state index in [1.807, 2.05) is 0 Å². The summed E-state index contributed by atoms with van der Waals surface area (Å²) in [5.74, 6) is -1.91. The Balaban J connectivity index is 2.08. The van der Waals surface area contributed by atoms with Gasteiger partial charge in [0.25, 0.3) is 0 Å². The minimum Gasteiger partial charge on any atom is -0.481 e. The Labute approximate surface area is 114 Å². The average Bonchev–Trinajstić information content (AvgIpc) is 3.23. The van der Waals surface area contributed by atoms with Crippen LogP contribution < -0.4 is 0 Å². The van der Waals surface area contributed by atoms with Crippen molar-refractivity contribution in [3.05, 3.63) is 59.7 Å². The summed E-state index contributed by atoms with van der Waals surface area (Å²) in [6, 6.07) is 9.94. The first-order valence-electron chi connectivity index (χ1n) is 6.32. The second-order valence-corrected chi connectivity index (χ2v) is 5.09. The summed E-state index contributed by atoms with van der Waals surface area (Å²) in [4.78, 5) is 11.3. The lowest BCUT2D eigenvalue weighted by Gasteiger charge is -2.12. The predicted molar refractivity (Wildman–Crippen MR) is 70.3 cm³/mol. The molecule has 1 saturated carbocycles. The minimum atomic E-state index is -0.866. The first-order chi connectivity index (χ1) is 9.53. The standard InChI is InChI=1S/C16H12F2O2/c17-12-4-5-14(18)13(9-12)10-2-1-3-11(8-10)16(6-7-16)15(19)20/h1-5,8-9H,6-7H2,(H,19,20). The molecule has 1 aliphatic carbocycles. The summed E-state index contributed by atoms with van der Waals surface area (Å²) in [6.07, 6.45) is 1.16. The highest BCUT2D eigenvalue weighted by Crippen LogP contribution is 2.49. The maximum atomic E-state index is 13.8.